The molecule has 0 saturated heterocycles. The van der Waals surface area contributed by atoms with Crippen LogP contribution < -0.4 is 10.6 Å². The number of thiocarbonyl (C=S) groups is 1. The van der Waals surface area contributed by atoms with E-state index in [0.717, 1.165) is 24.2 Å². The molecule has 0 saturated carbocycles. The van der Waals surface area contributed by atoms with Crippen molar-refractivity contribution in [1.29, 1.82) is 0 Å². The first-order chi connectivity index (χ1) is 8.06. The first-order valence-electron chi connectivity index (χ1n) is 5.86. The van der Waals surface area contributed by atoms with Crippen LogP contribution in [-0.4, -0.2) is 18.6 Å². The molecule has 0 fully saturated rings. The van der Waals surface area contributed by atoms with E-state index in [9.17, 15) is 0 Å². The number of unbranched alkanes of at least 4 members (excludes halogenated alkanes) is 2. The normalized spacial score (nSPS) is 10.3. The lowest BCUT2D eigenvalue weighted by Gasteiger charge is -2.22. The molecule has 0 amide bonds. The van der Waals surface area contributed by atoms with Crippen LogP contribution in [0.25, 0.3) is 0 Å². The maximum Gasteiger partial charge on any atom is 0.106 e. The highest BCUT2D eigenvalue weighted by Crippen LogP contribution is 2.24. The highest BCUT2D eigenvalue weighted by molar-refractivity contribution is 7.80. The van der Waals surface area contributed by atoms with Crippen LogP contribution in [0.1, 0.15) is 31.7 Å². The third-order valence-corrected chi connectivity index (χ3v) is 3.19. The Kier molecular flexibility index (Phi) is 5.72. The van der Waals surface area contributed by atoms with E-state index in [0.29, 0.717) is 10.0 Å². The van der Waals surface area contributed by atoms with Gasteiger partial charge in [0.2, 0.25) is 0 Å². The number of nitrogens with two attached hydrogens (primary N) is 1. The van der Waals surface area contributed by atoms with Gasteiger partial charge in [-0.3, -0.25) is 0 Å². The van der Waals surface area contributed by atoms with E-state index in [4.69, 9.17) is 29.6 Å². The van der Waals surface area contributed by atoms with Crippen LogP contribution in [0.4, 0.5) is 5.69 Å². The minimum Gasteiger partial charge on any atom is -0.389 e. The van der Waals surface area contributed by atoms with Crippen molar-refractivity contribution in [2.24, 2.45) is 5.73 Å². The Morgan fingerprint density at radius 1 is 1.41 bits per heavy atom. The molecule has 1 aromatic rings. The fourth-order valence-electron chi connectivity index (χ4n) is 1.75. The van der Waals surface area contributed by atoms with Crippen LogP contribution in [0, 0.1) is 0 Å². The lowest BCUT2D eigenvalue weighted by atomic mass is 10.1. The van der Waals surface area contributed by atoms with E-state index in [1.165, 1.54) is 12.8 Å². The van der Waals surface area contributed by atoms with Gasteiger partial charge in [-0.25, -0.2) is 0 Å². The van der Waals surface area contributed by atoms with Crippen LogP contribution in [0.5, 0.6) is 0 Å². The van der Waals surface area contributed by atoms with Crippen molar-refractivity contribution in [1.82, 2.24) is 0 Å². The van der Waals surface area contributed by atoms with Crippen molar-refractivity contribution >= 4 is 34.5 Å². The van der Waals surface area contributed by atoms with Gasteiger partial charge in [0.1, 0.15) is 4.99 Å². The molecule has 94 valence electrons. The fourth-order valence-corrected chi connectivity index (χ4v) is 2.09. The molecule has 0 radical (unpaired) electrons. The molecule has 0 bridgehead atoms. The number of halogens is 1. The van der Waals surface area contributed by atoms with Crippen molar-refractivity contribution < 1.29 is 0 Å². The standard InChI is InChI=1S/C13H19ClN2S/c1-3-4-5-8-16(2)12-9-10(14)6-7-11(12)13(15)17/h6-7,9H,3-5,8H2,1-2H3,(H2,15,17). The molecule has 1 aromatic carbocycles. The van der Waals surface area contributed by atoms with Gasteiger partial charge < -0.3 is 10.6 Å². The van der Waals surface area contributed by atoms with Crippen LogP contribution in [0.3, 0.4) is 0 Å². The van der Waals surface area contributed by atoms with E-state index < -0.39 is 0 Å². The number of hydrogen-bond acceptors (Lipinski definition) is 2. The summed E-state index contributed by atoms with van der Waals surface area (Å²) in [6.07, 6.45) is 3.61. The molecule has 0 spiro atoms. The second-order valence-corrected chi connectivity index (χ2v) is 5.03. The number of hydrogen-bond donors (Lipinski definition) is 1. The van der Waals surface area contributed by atoms with Gasteiger partial charge in [0.05, 0.1) is 0 Å². The molecule has 17 heavy (non-hydrogen) atoms. The smallest absolute Gasteiger partial charge is 0.106 e. The van der Waals surface area contributed by atoms with Crippen molar-refractivity contribution in [2.45, 2.75) is 26.2 Å². The van der Waals surface area contributed by atoms with Crippen LogP contribution >= 0.6 is 23.8 Å². The first kappa shape index (κ1) is 14.3. The van der Waals surface area contributed by atoms with Gasteiger partial charge in [-0.15, -0.1) is 0 Å². The van der Waals surface area contributed by atoms with Crippen molar-refractivity contribution in [3.63, 3.8) is 0 Å². The summed E-state index contributed by atoms with van der Waals surface area (Å²) in [5.74, 6) is 0. The highest BCUT2D eigenvalue weighted by atomic mass is 35.5. The number of benzene rings is 1. The summed E-state index contributed by atoms with van der Waals surface area (Å²) in [4.78, 5) is 2.58. The van der Waals surface area contributed by atoms with Gasteiger partial charge in [0.15, 0.2) is 0 Å². The highest BCUT2D eigenvalue weighted by Gasteiger charge is 2.10. The monoisotopic (exact) mass is 270 g/mol. The van der Waals surface area contributed by atoms with Crippen LogP contribution in [0.2, 0.25) is 5.02 Å². The Hall–Kier alpha value is -0.800. The van der Waals surface area contributed by atoms with Gasteiger partial charge in [-0.1, -0.05) is 43.6 Å². The van der Waals surface area contributed by atoms with E-state index in [2.05, 4.69) is 11.8 Å². The van der Waals surface area contributed by atoms with Crippen molar-refractivity contribution in [3.05, 3.63) is 28.8 Å². The van der Waals surface area contributed by atoms with E-state index in [1.807, 2.05) is 25.2 Å². The maximum absolute atomic E-state index is 6.02. The fraction of sp³-hybridized carbons (Fsp3) is 0.462. The second kappa shape index (κ2) is 6.82. The number of nitrogens with zero attached hydrogens (tertiary/aromatic N) is 1. The Labute approximate surface area is 114 Å². The predicted molar refractivity (Wildman–Crippen MR) is 80.1 cm³/mol. The molecule has 0 aliphatic heterocycles. The minimum absolute atomic E-state index is 0.416. The zero-order valence-electron chi connectivity index (χ0n) is 10.4. The maximum atomic E-state index is 6.02. The third kappa shape index (κ3) is 4.17. The third-order valence-electron chi connectivity index (χ3n) is 2.73. The SMILES string of the molecule is CCCCCN(C)c1cc(Cl)ccc1C(N)=S. The topological polar surface area (TPSA) is 29.3 Å². The summed E-state index contributed by atoms with van der Waals surface area (Å²) < 4.78 is 0. The molecule has 0 unspecified atom stereocenters. The largest absolute Gasteiger partial charge is 0.389 e. The van der Waals surface area contributed by atoms with E-state index >= 15 is 0 Å². The van der Waals surface area contributed by atoms with Crippen LogP contribution in [-0.2, 0) is 0 Å². The Bertz CT molecular complexity index is 393. The molecule has 2 nitrogen and oxygen atoms in total. The Balaban J connectivity index is 2.86. The van der Waals surface area contributed by atoms with Gasteiger partial charge in [0.25, 0.3) is 0 Å². The van der Waals surface area contributed by atoms with Gasteiger partial charge >= 0.3 is 0 Å². The lowest BCUT2D eigenvalue weighted by molar-refractivity contribution is 0.705. The quantitative estimate of drug-likeness (QED) is 0.633. The number of anilines is 1. The molecule has 4 heteroatoms. The zero-order valence-corrected chi connectivity index (χ0v) is 11.9. The zero-order chi connectivity index (χ0) is 12.8. The molecule has 0 aliphatic rings. The number of rotatable bonds is 6. The average molecular weight is 271 g/mol. The van der Waals surface area contributed by atoms with Gasteiger partial charge in [0, 0.05) is 29.9 Å². The van der Waals surface area contributed by atoms with E-state index in [-0.39, 0.29) is 0 Å². The van der Waals surface area contributed by atoms with Crippen molar-refractivity contribution in [2.75, 3.05) is 18.5 Å². The summed E-state index contributed by atoms with van der Waals surface area (Å²) in [7, 11) is 2.04. The minimum atomic E-state index is 0.416. The van der Waals surface area contributed by atoms with Crippen LogP contribution in [0.15, 0.2) is 18.2 Å². The Morgan fingerprint density at radius 3 is 2.71 bits per heavy atom. The first-order valence-corrected chi connectivity index (χ1v) is 6.65. The molecule has 0 aliphatic carbocycles. The molecule has 2 N–H and O–H groups in total. The molecule has 1 rings (SSSR count). The Morgan fingerprint density at radius 2 is 2.12 bits per heavy atom. The molecular weight excluding hydrogens is 252 g/mol. The lowest BCUT2D eigenvalue weighted by Crippen LogP contribution is -2.22. The van der Waals surface area contributed by atoms with Crippen molar-refractivity contribution in [3.8, 4) is 0 Å². The summed E-state index contributed by atoms with van der Waals surface area (Å²) in [6, 6.07) is 5.62. The summed E-state index contributed by atoms with van der Waals surface area (Å²) in [5, 5.41) is 0.711. The average Bonchev–Trinajstić information content (AvgIpc) is 2.28. The van der Waals surface area contributed by atoms with Gasteiger partial charge in [-0.2, -0.15) is 0 Å². The van der Waals surface area contributed by atoms with Gasteiger partial charge in [-0.05, 0) is 24.6 Å². The molecule has 0 aromatic heterocycles. The second-order valence-electron chi connectivity index (χ2n) is 4.15. The predicted octanol–water partition coefficient (Wildman–Crippen LogP) is 3.60. The summed E-state index contributed by atoms with van der Waals surface area (Å²) in [6.45, 7) is 3.18. The molecule has 0 atom stereocenters. The summed E-state index contributed by atoms with van der Waals surface area (Å²) >= 11 is 11.1. The summed E-state index contributed by atoms with van der Waals surface area (Å²) in [5.41, 5.74) is 7.63. The molecule has 0 heterocycles. The van der Waals surface area contributed by atoms with E-state index in [1.54, 1.807) is 0 Å². The molecular formula is C13H19ClN2S.